The van der Waals surface area contributed by atoms with Crippen LogP contribution in [0.25, 0.3) is 0 Å². The van der Waals surface area contributed by atoms with Gasteiger partial charge in [0.25, 0.3) is 0 Å². The number of esters is 2. The van der Waals surface area contributed by atoms with Crippen LogP contribution in [-0.2, 0) is 39.9 Å². The minimum absolute atomic E-state index is 0.0422. The molecule has 0 unspecified atom stereocenters. The van der Waals surface area contributed by atoms with Crippen LogP contribution in [0.4, 0.5) is 21.0 Å². The molecule has 0 aromatic heterocycles. The minimum Gasteiger partial charge on any atom is -0.467 e. The number of methoxy groups -OCH3 is 2. The maximum absolute atomic E-state index is 13.1. The highest BCUT2D eigenvalue weighted by Gasteiger charge is 2.29. The second-order valence-electron chi connectivity index (χ2n) is 12.7. The molecule has 0 radical (unpaired) electrons. The lowest BCUT2D eigenvalue weighted by Crippen LogP contribution is -2.54. The first-order chi connectivity index (χ1) is 23.5. The first-order valence-electron chi connectivity index (χ1n) is 16.2. The van der Waals surface area contributed by atoms with Crippen LogP contribution in [0.2, 0.25) is 0 Å². The molecule has 0 aliphatic heterocycles. The zero-order chi connectivity index (χ0) is 37.4. The Kier molecular flexibility index (Phi) is 16.0. The van der Waals surface area contributed by atoms with Crippen LogP contribution in [-0.4, -0.2) is 80.4 Å². The number of anilines is 2. The van der Waals surface area contributed by atoms with Gasteiger partial charge in [-0.15, -0.1) is 0 Å². The van der Waals surface area contributed by atoms with Crippen LogP contribution in [0, 0.1) is 5.92 Å². The van der Waals surface area contributed by atoms with Gasteiger partial charge < -0.3 is 45.5 Å². The molecule has 0 spiro atoms. The van der Waals surface area contributed by atoms with E-state index >= 15 is 0 Å². The van der Waals surface area contributed by atoms with Gasteiger partial charge in [-0.2, -0.15) is 0 Å². The average Bonchev–Trinajstić information content (AvgIpc) is 3.06. The van der Waals surface area contributed by atoms with Gasteiger partial charge in [-0.1, -0.05) is 44.2 Å². The lowest BCUT2D eigenvalue weighted by atomic mass is 10.0. The molecule has 15 nitrogen and oxygen atoms in total. The second kappa shape index (κ2) is 19.6. The van der Waals surface area contributed by atoms with Crippen LogP contribution < -0.4 is 26.6 Å². The molecule has 0 aliphatic rings. The van der Waals surface area contributed by atoms with Crippen molar-refractivity contribution in [2.75, 3.05) is 31.4 Å². The van der Waals surface area contributed by atoms with E-state index in [1.807, 2.05) is 30.3 Å². The summed E-state index contributed by atoms with van der Waals surface area (Å²) in [5, 5.41) is 13.4. The Morgan fingerprint density at radius 1 is 0.800 bits per heavy atom. The molecule has 3 atom stereocenters. The standard InChI is InChI=1S/C35H49N5O10/c1-21(2)28(40-34(46)50-35(4,5)6)30(42)37-22(3)29(41)38-26-17-16-24(19-25(26)31(43)47-7)36-18-12-15-27(32(44)48-8)39-33(45)49-20-23-13-10-9-11-14-23/h9-11,13-14,16-17,19,21-22,27-28,36H,12,15,18,20H2,1-8H3,(H,37,42)(H,38,41)(H,39,45)(H,40,46)/t22-,27-,28-/m0/s1. The molecule has 0 aliphatic carbocycles. The Labute approximate surface area is 292 Å². The highest BCUT2D eigenvalue weighted by Crippen LogP contribution is 2.22. The van der Waals surface area contributed by atoms with Crippen molar-refractivity contribution >= 4 is 47.3 Å². The number of nitrogens with one attached hydrogen (secondary N) is 5. The van der Waals surface area contributed by atoms with Crippen LogP contribution >= 0.6 is 0 Å². The largest absolute Gasteiger partial charge is 0.467 e. The molecule has 0 saturated carbocycles. The van der Waals surface area contributed by atoms with Gasteiger partial charge in [0.05, 0.1) is 25.5 Å². The smallest absolute Gasteiger partial charge is 0.408 e. The summed E-state index contributed by atoms with van der Waals surface area (Å²) < 4.78 is 20.2. The monoisotopic (exact) mass is 699 g/mol. The summed E-state index contributed by atoms with van der Waals surface area (Å²) in [7, 11) is 2.42. The SMILES string of the molecule is COC(=O)c1cc(NCCC[C@H](NC(=O)OCc2ccccc2)C(=O)OC)ccc1NC(=O)[C@H](C)NC(=O)[C@@H](NC(=O)OC(C)(C)C)C(C)C. The Morgan fingerprint density at radius 2 is 1.48 bits per heavy atom. The molecular weight excluding hydrogens is 650 g/mol. The Hall–Kier alpha value is -5.34. The van der Waals surface area contributed by atoms with E-state index < -0.39 is 59.7 Å². The molecule has 50 heavy (non-hydrogen) atoms. The number of carbonyl (C=O) groups is 6. The summed E-state index contributed by atoms with van der Waals surface area (Å²) in [4.78, 5) is 75.5. The maximum Gasteiger partial charge on any atom is 0.408 e. The molecule has 2 rings (SSSR count). The zero-order valence-corrected chi connectivity index (χ0v) is 29.8. The number of amides is 4. The summed E-state index contributed by atoms with van der Waals surface area (Å²) in [6.45, 7) is 10.4. The molecule has 15 heteroatoms. The average molecular weight is 700 g/mol. The van der Waals surface area contributed by atoms with Crippen LogP contribution in [0.1, 0.15) is 70.3 Å². The van der Waals surface area contributed by atoms with Crippen molar-refractivity contribution < 1.29 is 47.7 Å². The van der Waals surface area contributed by atoms with Gasteiger partial charge in [-0.25, -0.2) is 19.2 Å². The minimum atomic E-state index is -1.04. The van der Waals surface area contributed by atoms with Gasteiger partial charge in [0.15, 0.2) is 0 Å². The van der Waals surface area contributed by atoms with Gasteiger partial charge >= 0.3 is 24.1 Å². The normalized spacial score (nSPS) is 12.7. The van der Waals surface area contributed by atoms with Crippen molar-refractivity contribution in [3.8, 4) is 0 Å². The molecular formula is C35H49N5O10. The van der Waals surface area contributed by atoms with Crippen molar-refractivity contribution in [1.82, 2.24) is 16.0 Å². The molecule has 0 heterocycles. The van der Waals surface area contributed by atoms with Crippen LogP contribution in [0.15, 0.2) is 48.5 Å². The van der Waals surface area contributed by atoms with Crippen molar-refractivity contribution in [3.63, 3.8) is 0 Å². The second-order valence-corrected chi connectivity index (χ2v) is 12.7. The fourth-order valence-corrected chi connectivity index (χ4v) is 4.46. The summed E-state index contributed by atoms with van der Waals surface area (Å²) in [6.07, 6.45) is -0.878. The lowest BCUT2D eigenvalue weighted by Gasteiger charge is -2.26. The number of ether oxygens (including phenoxy) is 4. The molecule has 5 N–H and O–H groups in total. The molecule has 0 bridgehead atoms. The fourth-order valence-electron chi connectivity index (χ4n) is 4.46. The highest BCUT2D eigenvalue weighted by atomic mass is 16.6. The molecule has 0 fully saturated rings. The third kappa shape index (κ3) is 14.0. The van der Waals surface area contributed by atoms with Gasteiger partial charge in [0.2, 0.25) is 11.8 Å². The number of alkyl carbamates (subject to hydrolysis) is 2. The van der Waals surface area contributed by atoms with Crippen LogP contribution in [0.3, 0.4) is 0 Å². The van der Waals surface area contributed by atoms with Crippen molar-refractivity contribution in [1.29, 1.82) is 0 Å². The first kappa shape index (κ1) is 40.8. The summed E-state index contributed by atoms with van der Waals surface area (Å²) >= 11 is 0. The van der Waals surface area contributed by atoms with Gasteiger partial charge in [0.1, 0.15) is 30.3 Å². The van der Waals surface area contributed by atoms with E-state index in [9.17, 15) is 28.8 Å². The Bertz CT molecular complexity index is 1480. The van der Waals surface area contributed by atoms with E-state index in [2.05, 4.69) is 26.6 Å². The topological polar surface area (TPSA) is 199 Å². The number of carbonyl (C=O) groups excluding carboxylic acids is 6. The molecule has 2 aromatic carbocycles. The predicted octanol–water partition coefficient (Wildman–Crippen LogP) is 4.13. The van der Waals surface area contributed by atoms with E-state index in [0.29, 0.717) is 18.7 Å². The zero-order valence-electron chi connectivity index (χ0n) is 29.8. The number of hydrogen-bond donors (Lipinski definition) is 5. The van der Waals surface area contributed by atoms with Gasteiger partial charge in [-0.05, 0) is 70.2 Å². The number of rotatable bonds is 16. The van der Waals surface area contributed by atoms with E-state index in [1.165, 1.54) is 33.3 Å². The molecule has 4 amide bonds. The van der Waals surface area contributed by atoms with E-state index in [-0.39, 0.29) is 30.2 Å². The van der Waals surface area contributed by atoms with Crippen molar-refractivity contribution in [2.45, 2.75) is 84.7 Å². The summed E-state index contributed by atoms with van der Waals surface area (Å²) in [6, 6.07) is 10.8. The van der Waals surface area contributed by atoms with E-state index in [1.54, 1.807) is 40.7 Å². The van der Waals surface area contributed by atoms with Gasteiger partial charge in [-0.3, -0.25) is 9.59 Å². The Balaban J connectivity index is 1.99. The van der Waals surface area contributed by atoms with Crippen molar-refractivity contribution in [2.24, 2.45) is 5.92 Å². The third-order valence-corrected chi connectivity index (χ3v) is 7.05. The first-order valence-corrected chi connectivity index (χ1v) is 16.2. The molecule has 0 saturated heterocycles. The summed E-state index contributed by atoms with van der Waals surface area (Å²) in [5.41, 5.74) is 0.742. The van der Waals surface area contributed by atoms with E-state index in [0.717, 1.165) is 5.56 Å². The van der Waals surface area contributed by atoms with E-state index in [4.69, 9.17) is 18.9 Å². The van der Waals surface area contributed by atoms with Crippen LogP contribution in [0.5, 0.6) is 0 Å². The lowest BCUT2D eigenvalue weighted by molar-refractivity contribution is -0.143. The highest BCUT2D eigenvalue weighted by molar-refractivity contribution is 6.04. The number of hydrogen-bond acceptors (Lipinski definition) is 11. The molecule has 2 aromatic rings. The maximum atomic E-state index is 13.1. The predicted molar refractivity (Wildman–Crippen MR) is 185 cm³/mol. The number of benzene rings is 2. The van der Waals surface area contributed by atoms with Gasteiger partial charge in [0, 0.05) is 12.2 Å². The fraction of sp³-hybridized carbons (Fsp3) is 0.486. The van der Waals surface area contributed by atoms with Crippen molar-refractivity contribution in [3.05, 3.63) is 59.7 Å². The third-order valence-electron chi connectivity index (χ3n) is 7.05. The quantitative estimate of drug-likeness (QED) is 0.0959. The molecule has 274 valence electrons. The summed E-state index contributed by atoms with van der Waals surface area (Å²) in [5.74, 6) is -2.86. The Morgan fingerprint density at radius 3 is 2.08 bits per heavy atom.